The van der Waals surface area contributed by atoms with Gasteiger partial charge in [-0.25, -0.2) is 0 Å². The molecule has 1 aliphatic carbocycles. The monoisotopic (exact) mass is 205 g/mol. The van der Waals surface area contributed by atoms with Gasteiger partial charge in [-0.3, -0.25) is 0 Å². The first-order valence-electron chi connectivity index (χ1n) is 5.79. The van der Waals surface area contributed by atoms with Crippen molar-refractivity contribution in [1.82, 2.24) is 0 Å². The Hall–Kier alpha value is -1.18. The van der Waals surface area contributed by atoms with E-state index in [0.717, 1.165) is 11.6 Å². The molecule has 0 radical (unpaired) electrons. The third-order valence-corrected chi connectivity index (χ3v) is 3.19. The van der Waals surface area contributed by atoms with Crippen molar-refractivity contribution < 1.29 is 5.11 Å². The van der Waals surface area contributed by atoms with Crippen LogP contribution in [-0.4, -0.2) is 11.1 Å². The summed E-state index contributed by atoms with van der Waals surface area (Å²) in [7, 11) is 0. The van der Waals surface area contributed by atoms with Gasteiger partial charge in [-0.2, -0.15) is 0 Å². The number of phenolic OH excluding ortho intramolecular Hbond substituents is 1. The summed E-state index contributed by atoms with van der Waals surface area (Å²) < 4.78 is 0. The van der Waals surface area contributed by atoms with Gasteiger partial charge in [0, 0.05) is 11.7 Å². The second-order valence-electron chi connectivity index (χ2n) is 4.62. The highest BCUT2D eigenvalue weighted by Crippen LogP contribution is 2.31. The van der Waals surface area contributed by atoms with Gasteiger partial charge in [0.25, 0.3) is 0 Å². The molecule has 0 aliphatic heterocycles. The zero-order chi connectivity index (χ0) is 10.7. The predicted octanol–water partition coefficient (Wildman–Crippen LogP) is 3.38. The normalized spacial score (nSPS) is 18.2. The number of phenols is 1. The summed E-state index contributed by atoms with van der Waals surface area (Å²) in [6.45, 7) is 2.23. The van der Waals surface area contributed by atoms with Crippen molar-refractivity contribution in [1.29, 1.82) is 0 Å². The maximum atomic E-state index is 9.16. The van der Waals surface area contributed by atoms with Gasteiger partial charge in [-0.05, 0) is 43.5 Å². The topological polar surface area (TPSA) is 32.3 Å². The van der Waals surface area contributed by atoms with E-state index < -0.39 is 0 Å². The molecule has 1 aromatic rings. The van der Waals surface area contributed by atoms with Crippen LogP contribution in [0.25, 0.3) is 0 Å². The van der Waals surface area contributed by atoms with E-state index in [2.05, 4.69) is 12.2 Å². The fraction of sp³-hybridized carbons (Fsp3) is 0.538. The number of aromatic hydroxyl groups is 1. The second kappa shape index (κ2) is 4.56. The van der Waals surface area contributed by atoms with Crippen LogP contribution in [0.1, 0.15) is 32.6 Å². The van der Waals surface area contributed by atoms with E-state index in [1.807, 2.05) is 12.1 Å². The van der Waals surface area contributed by atoms with Gasteiger partial charge in [0.1, 0.15) is 5.75 Å². The molecule has 2 heteroatoms. The highest BCUT2D eigenvalue weighted by molar-refractivity contribution is 5.46. The first kappa shape index (κ1) is 10.3. The van der Waals surface area contributed by atoms with Crippen molar-refractivity contribution in [2.45, 2.75) is 38.6 Å². The molecule has 0 saturated heterocycles. The second-order valence-corrected chi connectivity index (χ2v) is 4.62. The Kier molecular flexibility index (Phi) is 3.14. The van der Waals surface area contributed by atoms with Crippen LogP contribution < -0.4 is 5.32 Å². The van der Waals surface area contributed by atoms with Crippen LogP contribution in [0.2, 0.25) is 0 Å². The summed E-state index contributed by atoms with van der Waals surface area (Å²) >= 11 is 0. The van der Waals surface area contributed by atoms with Crippen LogP contribution in [0.5, 0.6) is 5.75 Å². The maximum absolute atomic E-state index is 9.16. The average Bonchev–Trinajstić information content (AvgIpc) is 2.16. The van der Waals surface area contributed by atoms with E-state index in [-0.39, 0.29) is 0 Å². The molecule has 0 aromatic heterocycles. The summed E-state index contributed by atoms with van der Waals surface area (Å²) in [6, 6.07) is 7.82. The summed E-state index contributed by atoms with van der Waals surface area (Å²) in [5.41, 5.74) is 1.10. The summed E-state index contributed by atoms with van der Waals surface area (Å²) in [5.74, 6) is 1.26. The number of hydrogen-bond acceptors (Lipinski definition) is 2. The van der Waals surface area contributed by atoms with Crippen LogP contribution in [0.15, 0.2) is 24.3 Å². The fourth-order valence-electron chi connectivity index (χ4n) is 2.13. The van der Waals surface area contributed by atoms with Gasteiger partial charge >= 0.3 is 0 Å². The third kappa shape index (κ3) is 2.88. The molecule has 1 saturated carbocycles. The molecular formula is C13H19NO. The van der Waals surface area contributed by atoms with E-state index in [0.29, 0.717) is 11.8 Å². The molecular weight excluding hydrogens is 186 g/mol. The lowest BCUT2D eigenvalue weighted by Gasteiger charge is -2.28. The van der Waals surface area contributed by atoms with E-state index in [1.54, 1.807) is 12.1 Å². The Balaban J connectivity index is 1.82. The lowest BCUT2D eigenvalue weighted by Crippen LogP contribution is -2.23. The van der Waals surface area contributed by atoms with E-state index in [1.165, 1.54) is 25.7 Å². The van der Waals surface area contributed by atoms with Crippen LogP contribution in [0.3, 0.4) is 0 Å². The van der Waals surface area contributed by atoms with Gasteiger partial charge in [-0.1, -0.05) is 19.3 Å². The molecule has 1 unspecified atom stereocenters. The molecule has 0 bridgehead atoms. The number of nitrogens with one attached hydrogen (secondary N) is 1. The Morgan fingerprint density at radius 2 is 2.00 bits per heavy atom. The van der Waals surface area contributed by atoms with Gasteiger partial charge in [0.05, 0.1) is 0 Å². The van der Waals surface area contributed by atoms with E-state index in [9.17, 15) is 0 Å². The summed E-state index contributed by atoms with van der Waals surface area (Å²) in [4.78, 5) is 0. The van der Waals surface area contributed by atoms with E-state index >= 15 is 0 Å². The Morgan fingerprint density at radius 1 is 1.33 bits per heavy atom. The molecule has 15 heavy (non-hydrogen) atoms. The molecule has 1 fully saturated rings. The molecule has 2 N–H and O–H groups in total. The van der Waals surface area contributed by atoms with Crippen molar-refractivity contribution in [3.8, 4) is 5.75 Å². The maximum Gasteiger partial charge on any atom is 0.115 e. The average molecular weight is 205 g/mol. The summed E-state index contributed by atoms with van der Waals surface area (Å²) in [5, 5.41) is 12.6. The largest absolute Gasteiger partial charge is 0.508 e. The molecule has 0 spiro atoms. The fourth-order valence-corrected chi connectivity index (χ4v) is 2.13. The standard InChI is InChI=1S/C13H19NO/c1-10(9-11-3-2-4-11)14-12-5-7-13(15)8-6-12/h5-8,10-11,14-15H,2-4,9H2,1H3. The minimum atomic E-state index is 0.326. The van der Waals surface area contributed by atoms with Gasteiger partial charge < -0.3 is 10.4 Å². The van der Waals surface area contributed by atoms with Crippen molar-refractivity contribution in [3.05, 3.63) is 24.3 Å². The Labute approximate surface area is 91.3 Å². The Bertz CT molecular complexity index is 303. The summed E-state index contributed by atoms with van der Waals surface area (Å²) in [6.07, 6.45) is 5.49. The molecule has 1 atom stereocenters. The Morgan fingerprint density at radius 3 is 2.53 bits per heavy atom. The number of hydrogen-bond donors (Lipinski definition) is 2. The molecule has 82 valence electrons. The molecule has 2 nitrogen and oxygen atoms in total. The van der Waals surface area contributed by atoms with Crippen molar-refractivity contribution in [2.75, 3.05) is 5.32 Å². The number of rotatable bonds is 4. The van der Waals surface area contributed by atoms with Crippen LogP contribution >= 0.6 is 0 Å². The quantitative estimate of drug-likeness (QED) is 0.738. The van der Waals surface area contributed by atoms with Gasteiger partial charge in [0.2, 0.25) is 0 Å². The molecule has 0 amide bonds. The molecule has 0 heterocycles. The SMILES string of the molecule is CC(CC1CCC1)Nc1ccc(O)cc1. The highest BCUT2D eigenvalue weighted by Gasteiger charge is 2.19. The first-order chi connectivity index (χ1) is 7.24. The van der Waals surface area contributed by atoms with Crippen molar-refractivity contribution in [2.24, 2.45) is 5.92 Å². The zero-order valence-electron chi connectivity index (χ0n) is 9.24. The molecule has 1 aromatic carbocycles. The van der Waals surface area contributed by atoms with E-state index in [4.69, 9.17) is 5.11 Å². The zero-order valence-corrected chi connectivity index (χ0v) is 9.24. The van der Waals surface area contributed by atoms with Crippen molar-refractivity contribution >= 4 is 5.69 Å². The van der Waals surface area contributed by atoms with Crippen LogP contribution in [0.4, 0.5) is 5.69 Å². The van der Waals surface area contributed by atoms with Crippen LogP contribution in [0, 0.1) is 5.92 Å². The lowest BCUT2D eigenvalue weighted by molar-refractivity contribution is 0.286. The minimum absolute atomic E-state index is 0.326. The van der Waals surface area contributed by atoms with Gasteiger partial charge in [0.15, 0.2) is 0 Å². The lowest BCUT2D eigenvalue weighted by atomic mass is 9.81. The molecule has 2 rings (SSSR count). The minimum Gasteiger partial charge on any atom is -0.508 e. The van der Waals surface area contributed by atoms with Crippen LogP contribution in [-0.2, 0) is 0 Å². The third-order valence-electron chi connectivity index (χ3n) is 3.19. The smallest absolute Gasteiger partial charge is 0.115 e. The number of benzene rings is 1. The van der Waals surface area contributed by atoms with Crippen molar-refractivity contribution in [3.63, 3.8) is 0 Å². The number of anilines is 1. The molecule has 1 aliphatic rings. The van der Waals surface area contributed by atoms with Gasteiger partial charge in [-0.15, -0.1) is 0 Å². The first-order valence-corrected chi connectivity index (χ1v) is 5.79. The predicted molar refractivity (Wildman–Crippen MR) is 63.1 cm³/mol. The highest BCUT2D eigenvalue weighted by atomic mass is 16.3.